The molecular weight excluding hydrogens is 328 g/mol. The first-order chi connectivity index (χ1) is 12.7. The van der Waals surface area contributed by atoms with E-state index in [9.17, 15) is 9.59 Å². The van der Waals surface area contributed by atoms with Crippen LogP contribution in [0.4, 0.5) is 0 Å². The van der Waals surface area contributed by atoms with Crippen molar-refractivity contribution in [3.63, 3.8) is 0 Å². The summed E-state index contributed by atoms with van der Waals surface area (Å²) in [5.41, 5.74) is 1.75. The Hall–Kier alpha value is -2.66. The SMILES string of the molecule is O=C(CC(C(=O)N[C@H]1CCCN1)c1ccccc1)OCc1ccccc1. The van der Waals surface area contributed by atoms with Gasteiger partial charge in [-0.1, -0.05) is 60.7 Å². The lowest BCUT2D eigenvalue weighted by atomic mass is 9.94. The molecule has 0 aliphatic carbocycles. The van der Waals surface area contributed by atoms with Crippen LogP contribution in [0.25, 0.3) is 0 Å². The van der Waals surface area contributed by atoms with Gasteiger partial charge in [-0.05, 0) is 30.5 Å². The number of carbonyl (C=O) groups is 2. The van der Waals surface area contributed by atoms with Crippen LogP contribution < -0.4 is 10.6 Å². The van der Waals surface area contributed by atoms with Crippen molar-refractivity contribution in [3.05, 3.63) is 71.8 Å². The van der Waals surface area contributed by atoms with Gasteiger partial charge in [0.2, 0.25) is 5.91 Å². The maximum Gasteiger partial charge on any atom is 0.307 e. The highest BCUT2D eigenvalue weighted by Gasteiger charge is 2.27. The topological polar surface area (TPSA) is 67.4 Å². The summed E-state index contributed by atoms with van der Waals surface area (Å²) >= 11 is 0. The van der Waals surface area contributed by atoms with Crippen LogP contribution in [-0.4, -0.2) is 24.6 Å². The van der Waals surface area contributed by atoms with E-state index in [0.29, 0.717) is 0 Å². The minimum atomic E-state index is -0.554. The number of nitrogens with one attached hydrogen (secondary N) is 2. The average molecular weight is 352 g/mol. The van der Waals surface area contributed by atoms with Crippen molar-refractivity contribution >= 4 is 11.9 Å². The van der Waals surface area contributed by atoms with Crippen LogP contribution in [0.3, 0.4) is 0 Å². The van der Waals surface area contributed by atoms with Gasteiger partial charge in [0.25, 0.3) is 0 Å². The molecule has 2 aromatic carbocycles. The second kappa shape index (κ2) is 9.15. The lowest BCUT2D eigenvalue weighted by Crippen LogP contribution is -2.43. The number of rotatable bonds is 7. The molecule has 2 N–H and O–H groups in total. The summed E-state index contributed by atoms with van der Waals surface area (Å²) in [7, 11) is 0. The zero-order chi connectivity index (χ0) is 18.2. The first kappa shape index (κ1) is 18.1. The third kappa shape index (κ3) is 5.17. The number of carbonyl (C=O) groups excluding carboxylic acids is 2. The molecule has 3 rings (SSSR count). The fourth-order valence-corrected chi connectivity index (χ4v) is 3.09. The zero-order valence-electron chi connectivity index (χ0n) is 14.7. The maximum absolute atomic E-state index is 12.8. The van der Waals surface area contributed by atoms with Crippen molar-refractivity contribution in [2.45, 2.75) is 38.0 Å². The number of esters is 1. The van der Waals surface area contributed by atoms with Crippen molar-refractivity contribution < 1.29 is 14.3 Å². The second-order valence-electron chi connectivity index (χ2n) is 6.47. The molecule has 1 saturated heterocycles. The van der Waals surface area contributed by atoms with E-state index < -0.39 is 5.92 Å². The van der Waals surface area contributed by atoms with Crippen LogP contribution in [0.15, 0.2) is 60.7 Å². The van der Waals surface area contributed by atoms with Crippen molar-refractivity contribution in [1.82, 2.24) is 10.6 Å². The third-order valence-corrected chi connectivity index (χ3v) is 4.51. The van der Waals surface area contributed by atoms with Gasteiger partial charge >= 0.3 is 5.97 Å². The standard InChI is InChI=1S/C21H24N2O3/c24-20(26-15-16-8-3-1-4-9-16)14-18(17-10-5-2-6-11-17)21(25)23-19-12-7-13-22-19/h1-6,8-11,18-19,22H,7,12-15H2,(H,23,25)/t18?,19-/m0/s1. The molecule has 0 radical (unpaired) electrons. The summed E-state index contributed by atoms with van der Waals surface area (Å²) < 4.78 is 5.37. The largest absolute Gasteiger partial charge is 0.461 e. The van der Waals surface area contributed by atoms with E-state index in [1.54, 1.807) is 0 Å². The summed E-state index contributed by atoms with van der Waals surface area (Å²) in [6.45, 7) is 1.12. The Morgan fingerprint density at radius 1 is 1.08 bits per heavy atom. The molecule has 5 nitrogen and oxygen atoms in total. The fourth-order valence-electron chi connectivity index (χ4n) is 3.09. The zero-order valence-corrected chi connectivity index (χ0v) is 14.7. The van der Waals surface area contributed by atoms with Crippen molar-refractivity contribution in [2.24, 2.45) is 0 Å². The van der Waals surface area contributed by atoms with Gasteiger partial charge in [-0.15, -0.1) is 0 Å². The van der Waals surface area contributed by atoms with Crippen molar-refractivity contribution in [2.75, 3.05) is 6.54 Å². The Labute approximate surface area is 153 Å². The predicted octanol–water partition coefficient (Wildman–Crippen LogP) is 2.73. The normalized spacial score (nSPS) is 17.5. The van der Waals surface area contributed by atoms with E-state index in [4.69, 9.17) is 4.74 Å². The molecule has 0 saturated carbocycles. The minimum absolute atomic E-state index is 0.0194. The van der Waals surface area contributed by atoms with Crippen LogP contribution in [0.2, 0.25) is 0 Å². The molecule has 0 spiro atoms. The van der Waals surface area contributed by atoms with Crippen molar-refractivity contribution in [1.29, 1.82) is 0 Å². The fraction of sp³-hybridized carbons (Fsp3) is 0.333. The molecule has 1 amide bonds. The predicted molar refractivity (Wildman–Crippen MR) is 99.2 cm³/mol. The number of ether oxygens (including phenoxy) is 1. The molecule has 0 aromatic heterocycles. The second-order valence-corrected chi connectivity index (χ2v) is 6.47. The van der Waals surface area contributed by atoms with E-state index in [2.05, 4.69) is 10.6 Å². The molecule has 1 fully saturated rings. The van der Waals surface area contributed by atoms with Gasteiger partial charge < -0.3 is 10.1 Å². The molecule has 1 unspecified atom stereocenters. The summed E-state index contributed by atoms with van der Waals surface area (Å²) in [5, 5.41) is 6.24. The highest BCUT2D eigenvalue weighted by Crippen LogP contribution is 2.21. The first-order valence-electron chi connectivity index (χ1n) is 9.00. The van der Waals surface area contributed by atoms with E-state index in [0.717, 1.165) is 30.5 Å². The first-order valence-corrected chi connectivity index (χ1v) is 9.00. The van der Waals surface area contributed by atoms with Crippen LogP contribution in [0.1, 0.15) is 36.3 Å². The molecule has 1 aliphatic rings. The summed E-state index contributed by atoms with van der Waals surface area (Å²) in [6, 6.07) is 18.9. The van der Waals surface area contributed by atoms with E-state index >= 15 is 0 Å². The van der Waals surface area contributed by atoms with Crippen LogP contribution in [0, 0.1) is 0 Å². The highest BCUT2D eigenvalue weighted by atomic mass is 16.5. The molecule has 136 valence electrons. The lowest BCUT2D eigenvalue weighted by molar-refractivity contribution is -0.147. The lowest BCUT2D eigenvalue weighted by Gasteiger charge is -2.20. The highest BCUT2D eigenvalue weighted by molar-refractivity contribution is 5.88. The Kier molecular flexibility index (Phi) is 6.39. The Morgan fingerprint density at radius 3 is 2.42 bits per heavy atom. The molecular formula is C21H24N2O3. The van der Waals surface area contributed by atoms with E-state index in [1.165, 1.54) is 0 Å². The number of hydrogen-bond donors (Lipinski definition) is 2. The van der Waals surface area contributed by atoms with Crippen LogP contribution in [0.5, 0.6) is 0 Å². The molecule has 2 aromatic rings. The summed E-state index contributed by atoms with van der Waals surface area (Å²) in [5.74, 6) is -1.08. The van der Waals surface area contributed by atoms with Gasteiger partial charge in [0, 0.05) is 0 Å². The molecule has 0 bridgehead atoms. The number of benzene rings is 2. The Morgan fingerprint density at radius 2 is 1.77 bits per heavy atom. The smallest absolute Gasteiger partial charge is 0.307 e. The van der Waals surface area contributed by atoms with Gasteiger partial charge in [-0.25, -0.2) is 0 Å². The van der Waals surface area contributed by atoms with Gasteiger partial charge in [-0.2, -0.15) is 0 Å². The average Bonchev–Trinajstić information content (AvgIpc) is 3.19. The summed E-state index contributed by atoms with van der Waals surface area (Å²) in [6.07, 6.45) is 1.95. The van der Waals surface area contributed by atoms with Gasteiger partial charge in [0.1, 0.15) is 6.61 Å². The Bertz CT molecular complexity index is 713. The molecule has 2 atom stereocenters. The quantitative estimate of drug-likeness (QED) is 0.752. The van der Waals surface area contributed by atoms with Gasteiger partial charge in [0.15, 0.2) is 0 Å². The number of hydrogen-bond acceptors (Lipinski definition) is 4. The molecule has 26 heavy (non-hydrogen) atoms. The van der Waals surface area contributed by atoms with Gasteiger partial charge in [0.05, 0.1) is 18.5 Å². The monoisotopic (exact) mass is 352 g/mol. The Balaban J connectivity index is 1.63. The van der Waals surface area contributed by atoms with Crippen molar-refractivity contribution in [3.8, 4) is 0 Å². The molecule has 1 heterocycles. The maximum atomic E-state index is 12.8. The van der Waals surface area contributed by atoms with Gasteiger partial charge in [-0.3, -0.25) is 14.9 Å². The molecule has 1 aliphatic heterocycles. The van der Waals surface area contributed by atoms with Crippen LogP contribution >= 0.6 is 0 Å². The van der Waals surface area contributed by atoms with E-state index in [-0.39, 0.29) is 31.1 Å². The third-order valence-electron chi connectivity index (χ3n) is 4.51. The summed E-state index contributed by atoms with van der Waals surface area (Å²) in [4.78, 5) is 25.1. The minimum Gasteiger partial charge on any atom is -0.461 e. The number of amides is 1. The van der Waals surface area contributed by atoms with Crippen LogP contribution in [-0.2, 0) is 20.9 Å². The van der Waals surface area contributed by atoms with E-state index in [1.807, 2.05) is 60.7 Å². The molecule has 5 heteroatoms.